The second-order valence-electron chi connectivity index (χ2n) is 6.15. The van der Waals surface area contributed by atoms with E-state index in [1.807, 2.05) is 13.8 Å². The number of nitrogens with zero attached hydrogens (tertiary/aromatic N) is 1. The van der Waals surface area contributed by atoms with Gasteiger partial charge in [-0.15, -0.1) is 0 Å². The molecular formula is C18H32N2O2. The number of unbranched alkanes of at least 4 members (excludes halogenated alkanes) is 1. The van der Waals surface area contributed by atoms with Crippen molar-refractivity contribution < 1.29 is 9.59 Å². The largest absolute Gasteiger partial charge is 0.352 e. The Kier molecular flexibility index (Phi) is 8.86. The van der Waals surface area contributed by atoms with E-state index in [0.29, 0.717) is 19.0 Å². The van der Waals surface area contributed by atoms with Crippen molar-refractivity contribution in [3.63, 3.8) is 0 Å². The van der Waals surface area contributed by atoms with Crippen LogP contribution in [0.25, 0.3) is 0 Å². The summed E-state index contributed by atoms with van der Waals surface area (Å²) in [5, 5.41) is 3.17. The van der Waals surface area contributed by atoms with Gasteiger partial charge in [-0.2, -0.15) is 0 Å². The summed E-state index contributed by atoms with van der Waals surface area (Å²) in [4.78, 5) is 26.7. The van der Waals surface area contributed by atoms with Crippen LogP contribution in [-0.2, 0) is 9.59 Å². The number of hydrogen-bond acceptors (Lipinski definition) is 2. The minimum Gasteiger partial charge on any atom is -0.352 e. The first-order valence-electron chi connectivity index (χ1n) is 8.87. The van der Waals surface area contributed by atoms with Gasteiger partial charge in [-0.3, -0.25) is 9.59 Å². The molecule has 1 atom stereocenters. The molecule has 4 nitrogen and oxygen atoms in total. The van der Waals surface area contributed by atoms with Crippen LogP contribution in [0.1, 0.15) is 72.1 Å². The first-order chi connectivity index (χ1) is 10.6. The molecule has 0 bridgehead atoms. The average Bonchev–Trinajstić information content (AvgIpc) is 2.52. The van der Waals surface area contributed by atoms with E-state index in [-0.39, 0.29) is 17.9 Å². The Balaban J connectivity index is 2.72. The number of carbonyl (C=O) groups is 2. The maximum Gasteiger partial charge on any atom is 0.246 e. The van der Waals surface area contributed by atoms with Crippen LogP contribution in [0.4, 0.5) is 0 Å². The number of rotatable bonds is 8. The molecule has 1 fully saturated rings. The molecule has 126 valence electrons. The molecule has 1 aliphatic rings. The van der Waals surface area contributed by atoms with Gasteiger partial charge in [0.1, 0.15) is 6.04 Å². The minimum atomic E-state index is -0.350. The van der Waals surface area contributed by atoms with Crippen LogP contribution < -0.4 is 5.32 Å². The third-order valence-electron chi connectivity index (χ3n) is 4.36. The monoisotopic (exact) mass is 308 g/mol. The van der Waals surface area contributed by atoms with Crippen molar-refractivity contribution >= 4 is 11.8 Å². The Morgan fingerprint density at radius 1 is 1.23 bits per heavy atom. The van der Waals surface area contributed by atoms with Crippen LogP contribution in [0.5, 0.6) is 0 Å². The zero-order valence-electron chi connectivity index (χ0n) is 14.4. The molecule has 1 rings (SSSR count). The molecule has 0 radical (unpaired) electrons. The lowest BCUT2D eigenvalue weighted by Gasteiger charge is -2.32. The number of carbonyl (C=O) groups excluding carboxylic acids is 2. The molecule has 0 aromatic heterocycles. The highest BCUT2D eigenvalue weighted by molar-refractivity contribution is 5.93. The van der Waals surface area contributed by atoms with E-state index in [2.05, 4.69) is 12.2 Å². The fourth-order valence-corrected chi connectivity index (χ4v) is 3.08. The van der Waals surface area contributed by atoms with Gasteiger partial charge in [0.2, 0.25) is 11.8 Å². The number of hydrogen-bond donors (Lipinski definition) is 1. The molecule has 0 saturated heterocycles. The maximum atomic E-state index is 12.6. The van der Waals surface area contributed by atoms with Gasteiger partial charge in [0.05, 0.1) is 0 Å². The fraction of sp³-hybridized carbons (Fsp3) is 0.778. The first-order valence-corrected chi connectivity index (χ1v) is 8.87. The summed E-state index contributed by atoms with van der Waals surface area (Å²) >= 11 is 0. The molecule has 2 amide bonds. The summed E-state index contributed by atoms with van der Waals surface area (Å²) in [5.41, 5.74) is 0. The van der Waals surface area contributed by atoms with Crippen molar-refractivity contribution in [3.8, 4) is 0 Å². The Morgan fingerprint density at radius 3 is 2.45 bits per heavy atom. The second-order valence-corrected chi connectivity index (χ2v) is 6.15. The Hall–Kier alpha value is -1.32. The molecule has 0 heterocycles. The zero-order valence-corrected chi connectivity index (χ0v) is 14.4. The molecule has 0 aromatic rings. The zero-order chi connectivity index (χ0) is 16.4. The molecule has 1 N–H and O–H groups in total. The number of nitrogens with one attached hydrogen (secondary N) is 1. The van der Waals surface area contributed by atoms with Crippen molar-refractivity contribution in [2.75, 3.05) is 6.54 Å². The lowest BCUT2D eigenvalue weighted by molar-refractivity contribution is -0.137. The van der Waals surface area contributed by atoms with Crippen LogP contribution in [-0.4, -0.2) is 35.3 Å². The van der Waals surface area contributed by atoms with Crippen LogP contribution in [0.15, 0.2) is 12.2 Å². The predicted octanol–water partition coefficient (Wildman–Crippen LogP) is 3.42. The summed E-state index contributed by atoms with van der Waals surface area (Å²) in [5.74, 6) is -0.0371. The van der Waals surface area contributed by atoms with E-state index in [9.17, 15) is 9.59 Å². The summed E-state index contributed by atoms with van der Waals surface area (Å²) in [6.07, 6.45) is 11.7. The number of amides is 2. The van der Waals surface area contributed by atoms with E-state index in [4.69, 9.17) is 0 Å². The lowest BCUT2D eigenvalue weighted by atomic mass is 9.95. The molecule has 4 heteroatoms. The van der Waals surface area contributed by atoms with Crippen LogP contribution in [0.3, 0.4) is 0 Å². The molecule has 0 spiro atoms. The summed E-state index contributed by atoms with van der Waals surface area (Å²) < 4.78 is 0. The van der Waals surface area contributed by atoms with Crippen molar-refractivity contribution in [1.29, 1.82) is 0 Å². The third-order valence-corrected chi connectivity index (χ3v) is 4.36. The molecule has 1 unspecified atom stereocenters. The van der Waals surface area contributed by atoms with Gasteiger partial charge >= 0.3 is 0 Å². The van der Waals surface area contributed by atoms with Crippen LogP contribution >= 0.6 is 0 Å². The molecule has 1 saturated carbocycles. The normalized spacial score (nSPS) is 17.4. The number of allylic oxidation sites excluding steroid dienone is 1. The Bertz CT molecular complexity index is 373. The molecule has 1 aliphatic carbocycles. The molecule has 0 aromatic carbocycles. The average molecular weight is 308 g/mol. The highest BCUT2D eigenvalue weighted by Crippen LogP contribution is 2.18. The van der Waals surface area contributed by atoms with Gasteiger partial charge < -0.3 is 10.2 Å². The lowest BCUT2D eigenvalue weighted by Crippen LogP contribution is -2.51. The van der Waals surface area contributed by atoms with Gasteiger partial charge in [-0.25, -0.2) is 0 Å². The van der Waals surface area contributed by atoms with Crippen LogP contribution in [0.2, 0.25) is 0 Å². The minimum absolute atomic E-state index is 0.0170. The Morgan fingerprint density at radius 2 is 1.91 bits per heavy atom. The maximum absolute atomic E-state index is 12.6. The molecule has 22 heavy (non-hydrogen) atoms. The van der Waals surface area contributed by atoms with Crippen LogP contribution in [0, 0.1) is 0 Å². The summed E-state index contributed by atoms with van der Waals surface area (Å²) in [6.45, 7) is 6.56. The van der Waals surface area contributed by atoms with Gasteiger partial charge in [0.25, 0.3) is 0 Å². The van der Waals surface area contributed by atoms with E-state index in [1.54, 1.807) is 17.1 Å². The van der Waals surface area contributed by atoms with Gasteiger partial charge in [-0.05, 0) is 38.7 Å². The summed E-state index contributed by atoms with van der Waals surface area (Å²) in [7, 11) is 0. The van der Waals surface area contributed by atoms with Crippen molar-refractivity contribution in [3.05, 3.63) is 12.2 Å². The smallest absolute Gasteiger partial charge is 0.246 e. The standard InChI is InChI=1S/C18H32N2O2/c1-4-7-14-20(17(21)11-5-2)16(6-3)18(22)19-15-12-9-8-10-13-15/h5,11,15-16H,4,6-10,12-14H2,1-3H3,(H,19,22)/b11-5+. The van der Waals surface area contributed by atoms with E-state index >= 15 is 0 Å². The topological polar surface area (TPSA) is 49.4 Å². The SMILES string of the molecule is C/C=C/C(=O)N(CCCC)C(CC)C(=O)NC1CCCCC1. The van der Waals surface area contributed by atoms with Crippen molar-refractivity contribution in [2.24, 2.45) is 0 Å². The highest BCUT2D eigenvalue weighted by atomic mass is 16.2. The van der Waals surface area contributed by atoms with Gasteiger partial charge in [-0.1, -0.05) is 45.6 Å². The van der Waals surface area contributed by atoms with E-state index in [1.165, 1.54) is 19.3 Å². The quantitative estimate of drug-likeness (QED) is 0.699. The van der Waals surface area contributed by atoms with E-state index in [0.717, 1.165) is 25.7 Å². The van der Waals surface area contributed by atoms with Crippen molar-refractivity contribution in [2.45, 2.75) is 84.2 Å². The predicted molar refractivity (Wildman–Crippen MR) is 90.5 cm³/mol. The highest BCUT2D eigenvalue weighted by Gasteiger charge is 2.28. The fourth-order valence-electron chi connectivity index (χ4n) is 3.08. The van der Waals surface area contributed by atoms with Gasteiger partial charge in [0, 0.05) is 12.6 Å². The summed E-state index contributed by atoms with van der Waals surface area (Å²) in [6, 6.07) is -0.0580. The second kappa shape index (κ2) is 10.4. The third kappa shape index (κ3) is 5.82. The van der Waals surface area contributed by atoms with Crippen molar-refractivity contribution in [1.82, 2.24) is 10.2 Å². The molecule has 0 aliphatic heterocycles. The van der Waals surface area contributed by atoms with Gasteiger partial charge in [0.15, 0.2) is 0 Å². The molecular weight excluding hydrogens is 276 g/mol. The first kappa shape index (κ1) is 18.7. The Labute approximate surface area is 135 Å². The van der Waals surface area contributed by atoms with E-state index < -0.39 is 0 Å².